The number of carboxylic acid groups (broad SMARTS) is 1. The van der Waals surface area contributed by atoms with Crippen molar-refractivity contribution in [3.63, 3.8) is 0 Å². The van der Waals surface area contributed by atoms with Gasteiger partial charge in [0.2, 0.25) is 5.91 Å². The number of hydrogen-bond acceptors (Lipinski definition) is 3. The minimum Gasteiger partial charge on any atom is -0.480 e. The monoisotopic (exact) mass is 271 g/mol. The molecule has 1 aliphatic heterocycles. The van der Waals surface area contributed by atoms with Crippen LogP contribution in [0.1, 0.15) is 32.6 Å². The molecule has 19 heavy (non-hydrogen) atoms. The van der Waals surface area contributed by atoms with E-state index >= 15 is 0 Å². The number of carbonyl (C=O) groups is 3. The Morgan fingerprint density at radius 2 is 1.95 bits per heavy atom. The number of primary amides is 1. The summed E-state index contributed by atoms with van der Waals surface area (Å²) in [6, 6.07) is -1.24. The molecule has 0 aromatic heterocycles. The largest absolute Gasteiger partial charge is 0.480 e. The third kappa shape index (κ3) is 4.42. The van der Waals surface area contributed by atoms with Gasteiger partial charge in [-0.05, 0) is 19.3 Å². The predicted molar refractivity (Wildman–Crippen MR) is 68.4 cm³/mol. The minimum atomic E-state index is -1.03. The van der Waals surface area contributed by atoms with E-state index in [0.29, 0.717) is 38.8 Å². The van der Waals surface area contributed by atoms with Crippen LogP contribution in [-0.2, 0) is 9.59 Å². The van der Waals surface area contributed by atoms with Gasteiger partial charge in [0, 0.05) is 19.0 Å². The molecule has 7 nitrogen and oxygen atoms in total. The van der Waals surface area contributed by atoms with Crippen molar-refractivity contribution in [2.75, 3.05) is 13.1 Å². The fourth-order valence-corrected chi connectivity index (χ4v) is 2.15. The summed E-state index contributed by atoms with van der Waals surface area (Å²) in [5, 5.41) is 11.5. The van der Waals surface area contributed by atoms with Gasteiger partial charge in [0.1, 0.15) is 6.04 Å². The predicted octanol–water partition coefficient (Wildman–Crippen LogP) is 0.147. The average Bonchev–Trinajstić information content (AvgIpc) is 2.38. The van der Waals surface area contributed by atoms with E-state index < -0.39 is 12.0 Å². The van der Waals surface area contributed by atoms with Crippen LogP contribution in [0.3, 0.4) is 0 Å². The van der Waals surface area contributed by atoms with Crippen LogP contribution in [0.15, 0.2) is 0 Å². The minimum absolute atomic E-state index is 0.185. The van der Waals surface area contributed by atoms with Gasteiger partial charge in [-0.2, -0.15) is 0 Å². The normalized spacial score (nSPS) is 17.8. The third-order valence-corrected chi connectivity index (χ3v) is 3.36. The van der Waals surface area contributed by atoms with Gasteiger partial charge in [-0.15, -0.1) is 0 Å². The number of carbonyl (C=O) groups excluding carboxylic acids is 2. The fraction of sp³-hybridized carbons (Fsp3) is 0.750. The molecule has 0 radical (unpaired) electrons. The molecular weight excluding hydrogens is 250 g/mol. The Bertz CT molecular complexity index is 351. The Hall–Kier alpha value is -1.79. The third-order valence-electron chi connectivity index (χ3n) is 3.36. The smallest absolute Gasteiger partial charge is 0.326 e. The van der Waals surface area contributed by atoms with Crippen LogP contribution in [0.5, 0.6) is 0 Å². The van der Waals surface area contributed by atoms with Crippen LogP contribution in [0.4, 0.5) is 4.79 Å². The quantitative estimate of drug-likeness (QED) is 0.660. The van der Waals surface area contributed by atoms with Crippen molar-refractivity contribution in [2.24, 2.45) is 11.7 Å². The molecule has 0 saturated carbocycles. The summed E-state index contributed by atoms with van der Waals surface area (Å²) in [5.74, 6) is -1.55. The number of urea groups is 1. The molecule has 3 amide bonds. The average molecular weight is 271 g/mol. The number of likely N-dealkylation sites (tertiary alicyclic amines) is 1. The van der Waals surface area contributed by atoms with Crippen LogP contribution in [0.25, 0.3) is 0 Å². The van der Waals surface area contributed by atoms with Crippen molar-refractivity contribution in [1.82, 2.24) is 10.2 Å². The highest BCUT2D eigenvalue weighted by atomic mass is 16.4. The number of nitrogens with two attached hydrogens (primary N) is 1. The SMILES string of the molecule is CCCC(NC(=O)N1CCC(C(N)=O)CC1)C(=O)O. The molecule has 108 valence electrons. The summed E-state index contributed by atoms with van der Waals surface area (Å²) in [6.07, 6.45) is 2.16. The highest BCUT2D eigenvalue weighted by Gasteiger charge is 2.28. The van der Waals surface area contributed by atoms with Gasteiger partial charge >= 0.3 is 12.0 Å². The lowest BCUT2D eigenvalue weighted by atomic mass is 9.96. The van der Waals surface area contributed by atoms with Gasteiger partial charge in [0.15, 0.2) is 0 Å². The first-order valence-electron chi connectivity index (χ1n) is 6.53. The van der Waals surface area contributed by atoms with Gasteiger partial charge in [0.05, 0.1) is 0 Å². The maximum Gasteiger partial charge on any atom is 0.326 e. The number of aliphatic carboxylic acids is 1. The van der Waals surface area contributed by atoms with E-state index in [2.05, 4.69) is 5.32 Å². The number of piperidine rings is 1. The van der Waals surface area contributed by atoms with Crippen molar-refractivity contribution in [3.05, 3.63) is 0 Å². The fourth-order valence-electron chi connectivity index (χ4n) is 2.15. The first kappa shape index (κ1) is 15.3. The molecule has 0 spiro atoms. The van der Waals surface area contributed by atoms with E-state index in [1.165, 1.54) is 4.90 Å². The maximum atomic E-state index is 11.9. The summed E-state index contributed by atoms with van der Waals surface area (Å²) in [5.41, 5.74) is 5.21. The zero-order chi connectivity index (χ0) is 14.4. The molecule has 0 aromatic carbocycles. The Morgan fingerprint density at radius 1 is 1.37 bits per heavy atom. The molecule has 1 heterocycles. The summed E-state index contributed by atoms with van der Waals surface area (Å²) < 4.78 is 0. The van der Waals surface area contributed by atoms with Crippen molar-refractivity contribution >= 4 is 17.9 Å². The summed E-state index contributed by atoms with van der Waals surface area (Å²) >= 11 is 0. The zero-order valence-electron chi connectivity index (χ0n) is 11.1. The lowest BCUT2D eigenvalue weighted by molar-refractivity contribution is -0.139. The topological polar surface area (TPSA) is 113 Å². The van der Waals surface area contributed by atoms with Crippen LogP contribution in [0.2, 0.25) is 0 Å². The Morgan fingerprint density at radius 3 is 2.37 bits per heavy atom. The maximum absolute atomic E-state index is 11.9. The highest BCUT2D eigenvalue weighted by molar-refractivity contribution is 5.83. The van der Waals surface area contributed by atoms with Crippen molar-refractivity contribution in [3.8, 4) is 0 Å². The van der Waals surface area contributed by atoms with E-state index in [9.17, 15) is 14.4 Å². The summed E-state index contributed by atoms with van der Waals surface area (Å²) in [4.78, 5) is 35.4. The standard InChI is InChI=1S/C12H21N3O4/c1-2-3-9(11(17)18)14-12(19)15-6-4-8(5-7-15)10(13)16/h8-9H,2-7H2,1H3,(H2,13,16)(H,14,19)(H,17,18). The van der Waals surface area contributed by atoms with E-state index in [0.717, 1.165) is 0 Å². The van der Waals surface area contributed by atoms with E-state index in [1.807, 2.05) is 6.92 Å². The van der Waals surface area contributed by atoms with Crippen molar-refractivity contribution < 1.29 is 19.5 Å². The van der Waals surface area contributed by atoms with Gasteiger partial charge in [-0.3, -0.25) is 4.79 Å². The van der Waals surface area contributed by atoms with Crippen LogP contribution >= 0.6 is 0 Å². The lowest BCUT2D eigenvalue weighted by Gasteiger charge is -2.31. The Labute approximate surface area is 112 Å². The Kier molecular flexibility index (Phi) is 5.59. The van der Waals surface area contributed by atoms with Gasteiger partial charge in [0.25, 0.3) is 0 Å². The van der Waals surface area contributed by atoms with Gasteiger partial charge < -0.3 is 21.1 Å². The first-order chi connectivity index (χ1) is 8.95. The van der Waals surface area contributed by atoms with Gasteiger partial charge in [-0.1, -0.05) is 13.3 Å². The first-order valence-corrected chi connectivity index (χ1v) is 6.53. The summed E-state index contributed by atoms with van der Waals surface area (Å²) in [6.45, 7) is 2.72. The second-order valence-corrected chi connectivity index (χ2v) is 4.79. The molecular formula is C12H21N3O4. The molecule has 1 saturated heterocycles. The van der Waals surface area contributed by atoms with E-state index in [1.54, 1.807) is 0 Å². The molecule has 0 aliphatic carbocycles. The number of amides is 3. The second-order valence-electron chi connectivity index (χ2n) is 4.79. The van der Waals surface area contributed by atoms with Crippen LogP contribution in [0, 0.1) is 5.92 Å². The number of rotatable bonds is 5. The molecule has 4 N–H and O–H groups in total. The Balaban J connectivity index is 2.46. The highest BCUT2D eigenvalue weighted by Crippen LogP contribution is 2.16. The summed E-state index contributed by atoms with van der Waals surface area (Å²) in [7, 11) is 0. The van der Waals surface area contributed by atoms with Crippen LogP contribution in [-0.4, -0.2) is 47.0 Å². The molecule has 0 bridgehead atoms. The molecule has 1 atom stereocenters. The van der Waals surface area contributed by atoms with Crippen molar-refractivity contribution in [2.45, 2.75) is 38.6 Å². The number of nitrogens with one attached hydrogen (secondary N) is 1. The molecule has 1 fully saturated rings. The molecule has 7 heteroatoms. The molecule has 1 aliphatic rings. The van der Waals surface area contributed by atoms with Crippen molar-refractivity contribution in [1.29, 1.82) is 0 Å². The van der Waals surface area contributed by atoms with Gasteiger partial charge in [-0.25, -0.2) is 9.59 Å². The van der Waals surface area contributed by atoms with E-state index in [-0.39, 0.29) is 17.9 Å². The van der Waals surface area contributed by atoms with E-state index in [4.69, 9.17) is 10.8 Å². The number of nitrogens with zero attached hydrogens (tertiary/aromatic N) is 1. The molecule has 1 unspecified atom stereocenters. The van der Waals surface area contributed by atoms with Crippen LogP contribution < -0.4 is 11.1 Å². The number of carboxylic acids is 1. The lowest BCUT2D eigenvalue weighted by Crippen LogP contribution is -2.51. The second kappa shape index (κ2) is 6.96. The molecule has 0 aromatic rings. The zero-order valence-corrected chi connectivity index (χ0v) is 11.1. The number of hydrogen-bond donors (Lipinski definition) is 3. The molecule has 1 rings (SSSR count).